The van der Waals surface area contributed by atoms with Crippen molar-refractivity contribution in [2.24, 2.45) is 34.0 Å². The van der Waals surface area contributed by atoms with Gasteiger partial charge >= 0.3 is 5.97 Å². The molecule has 6 aliphatic rings. The van der Waals surface area contributed by atoms with Gasteiger partial charge in [0, 0.05) is 35.3 Å². The molecule has 6 fully saturated rings. The lowest BCUT2D eigenvalue weighted by Crippen LogP contribution is -2.69. The number of hydrogen-bond acceptors (Lipinski definition) is 14. The molecule has 0 bridgehead atoms. The zero-order chi connectivity index (χ0) is 41.2. The van der Waals surface area contributed by atoms with Crippen molar-refractivity contribution in [3.05, 3.63) is 28.8 Å². The van der Waals surface area contributed by atoms with Gasteiger partial charge in [-0.25, -0.2) is 4.79 Å². The maximum absolute atomic E-state index is 12.6. The molecule has 0 amide bonds. The number of benzene rings is 2. The standard InChI is InChI=1S/C43H58O13S2/c1-23-31(24(2)46)35(48)32-28(34(23)47)13-26(38(51)52)14-29(32)55-39-36(49)37(50)43(30(17-45)56-39)8-5-25-15-41(10-9-40(19-41)6-3-4-7-40)16-27-18-53-20-42(11-12-44,33(25)27)21-57-58-22-54-43/h13-14,25,27,30,33,36-37,39,44-45,47-50H,3-12,15-22H2,1-2H3,(H,51,52). The summed E-state index contributed by atoms with van der Waals surface area (Å²) in [5.41, 5.74) is -1.66. The SMILES string of the molecule is CC(=O)c1c(C)c(O)c2cc(C(=O)O)cc(OC3OC(CO)C4(CCC5CC6(CCC7(CCCC7)C6)CC6COCC(CCO)(CSSCO4)C56)C(O)C3O)c2c1O. The molecular weight excluding hydrogens is 789 g/mol. The summed E-state index contributed by atoms with van der Waals surface area (Å²) in [5.74, 6) is -1.57. The molecule has 15 heteroatoms. The van der Waals surface area contributed by atoms with Gasteiger partial charge in [0.25, 0.3) is 0 Å². The zero-order valence-electron chi connectivity index (χ0n) is 33.3. The Hall–Kier alpha value is -2.34. The van der Waals surface area contributed by atoms with E-state index in [2.05, 4.69) is 0 Å². The number of ether oxygens (including phenoxy) is 4. The van der Waals surface area contributed by atoms with E-state index in [0.717, 1.165) is 30.7 Å². The Morgan fingerprint density at radius 2 is 1.71 bits per heavy atom. The quantitative estimate of drug-likeness (QED) is 0.0977. The average Bonchev–Trinajstić information content (AvgIpc) is 3.79. The van der Waals surface area contributed by atoms with E-state index in [-0.39, 0.29) is 74.8 Å². The second-order valence-corrected chi connectivity index (χ2v) is 20.9. The van der Waals surface area contributed by atoms with E-state index < -0.39 is 60.1 Å². The Balaban J connectivity index is 1.13. The van der Waals surface area contributed by atoms with Gasteiger partial charge in [0.2, 0.25) is 6.29 Å². The third kappa shape index (κ3) is 7.11. The molecule has 320 valence electrons. The first-order valence-electron chi connectivity index (χ1n) is 20.8. The Labute approximate surface area is 346 Å². The number of hydrogen-bond donors (Lipinski definition) is 7. The molecule has 2 aromatic rings. The molecule has 13 nitrogen and oxygen atoms in total. The lowest BCUT2D eigenvalue weighted by atomic mass is 9.51. The molecule has 10 unspecified atom stereocenters. The van der Waals surface area contributed by atoms with Gasteiger partial charge < -0.3 is 54.7 Å². The van der Waals surface area contributed by atoms with Crippen molar-refractivity contribution in [1.29, 1.82) is 0 Å². The smallest absolute Gasteiger partial charge is 0.335 e. The van der Waals surface area contributed by atoms with Crippen molar-refractivity contribution in [3.63, 3.8) is 0 Å². The Morgan fingerprint density at radius 3 is 2.41 bits per heavy atom. The summed E-state index contributed by atoms with van der Waals surface area (Å²) < 4.78 is 25.5. The van der Waals surface area contributed by atoms with Gasteiger partial charge in [0.1, 0.15) is 47.1 Å². The van der Waals surface area contributed by atoms with Crippen LogP contribution in [0.5, 0.6) is 17.2 Å². The number of aromatic hydroxyl groups is 2. The third-order valence-electron chi connectivity index (χ3n) is 15.3. The van der Waals surface area contributed by atoms with Crippen LogP contribution in [0.3, 0.4) is 0 Å². The molecule has 7 N–H and O–H groups in total. The molecule has 10 atom stereocenters. The Bertz CT molecular complexity index is 1900. The second kappa shape index (κ2) is 16.2. The highest BCUT2D eigenvalue weighted by Gasteiger charge is 2.62. The number of phenols is 2. The summed E-state index contributed by atoms with van der Waals surface area (Å²) in [6.45, 7) is 3.35. The van der Waals surface area contributed by atoms with E-state index in [4.69, 9.17) is 18.9 Å². The van der Waals surface area contributed by atoms with Crippen LogP contribution in [-0.2, 0) is 14.2 Å². The minimum absolute atomic E-state index is 0.0492. The van der Waals surface area contributed by atoms with Crippen LogP contribution in [0.25, 0.3) is 10.8 Å². The number of phenolic OH excluding ortho intramolecular Hbond substituents is 2. The molecule has 2 aromatic carbocycles. The summed E-state index contributed by atoms with van der Waals surface area (Å²) in [6, 6.07) is 2.23. The maximum atomic E-state index is 12.6. The highest BCUT2D eigenvalue weighted by Crippen LogP contribution is 2.67. The molecule has 58 heavy (non-hydrogen) atoms. The molecule has 3 aliphatic carbocycles. The van der Waals surface area contributed by atoms with Gasteiger partial charge in [-0.3, -0.25) is 4.79 Å². The first-order chi connectivity index (χ1) is 27.7. The van der Waals surface area contributed by atoms with Crippen molar-refractivity contribution in [2.45, 2.75) is 121 Å². The fourth-order valence-electron chi connectivity index (χ4n) is 12.9. The predicted molar refractivity (Wildman–Crippen MR) is 217 cm³/mol. The number of aliphatic hydroxyl groups is 4. The second-order valence-electron chi connectivity index (χ2n) is 18.5. The van der Waals surface area contributed by atoms with Crippen LogP contribution in [0.2, 0.25) is 0 Å². The van der Waals surface area contributed by atoms with E-state index in [0.29, 0.717) is 37.4 Å². The molecule has 3 spiro atoms. The highest BCUT2D eigenvalue weighted by molar-refractivity contribution is 8.76. The molecule has 3 aliphatic heterocycles. The van der Waals surface area contributed by atoms with E-state index in [1.807, 2.05) is 0 Å². The maximum Gasteiger partial charge on any atom is 0.335 e. The van der Waals surface area contributed by atoms with Crippen LogP contribution in [0.4, 0.5) is 0 Å². The lowest BCUT2D eigenvalue weighted by Gasteiger charge is -2.58. The number of carbonyl (C=O) groups excluding carboxylic acids is 1. The van der Waals surface area contributed by atoms with Crippen molar-refractivity contribution in [1.82, 2.24) is 0 Å². The van der Waals surface area contributed by atoms with Gasteiger partial charge in [-0.1, -0.05) is 34.4 Å². The number of rotatable bonds is 7. The first kappa shape index (κ1) is 42.4. The lowest BCUT2D eigenvalue weighted by molar-refractivity contribution is -0.323. The van der Waals surface area contributed by atoms with Gasteiger partial charge in [-0.15, -0.1) is 0 Å². The van der Waals surface area contributed by atoms with Crippen molar-refractivity contribution >= 4 is 44.1 Å². The number of aliphatic hydroxyl groups excluding tert-OH is 4. The van der Waals surface area contributed by atoms with E-state index in [1.165, 1.54) is 69.6 Å². The number of carboxylic acid groups (broad SMARTS) is 1. The van der Waals surface area contributed by atoms with Crippen LogP contribution in [0.15, 0.2) is 12.1 Å². The highest BCUT2D eigenvalue weighted by atomic mass is 33.1. The van der Waals surface area contributed by atoms with Gasteiger partial charge in [-0.05, 0) is 119 Å². The Kier molecular flexibility index (Phi) is 11.8. The molecule has 3 heterocycles. The van der Waals surface area contributed by atoms with Crippen LogP contribution < -0.4 is 4.74 Å². The summed E-state index contributed by atoms with van der Waals surface area (Å²) >= 11 is 0. The topological polar surface area (TPSA) is 213 Å². The zero-order valence-corrected chi connectivity index (χ0v) is 35.0. The van der Waals surface area contributed by atoms with Crippen LogP contribution in [-0.4, -0.2) is 116 Å². The van der Waals surface area contributed by atoms with E-state index in [9.17, 15) is 45.3 Å². The monoisotopic (exact) mass is 846 g/mol. The van der Waals surface area contributed by atoms with Gasteiger partial charge in [0.05, 0.1) is 29.7 Å². The fourth-order valence-corrected chi connectivity index (χ4v) is 15.3. The van der Waals surface area contributed by atoms with E-state index in [1.54, 1.807) is 10.8 Å². The molecule has 3 saturated heterocycles. The van der Waals surface area contributed by atoms with Gasteiger partial charge in [-0.2, -0.15) is 0 Å². The third-order valence-corrected chi connectivity index (χ3v) is 17.5. The summed E-state index contributed by atoms with van der Waals surface area (Å²) in [4.78, 5) is 24.8. The molecule has 8 rings (SSSR count). The molecule has 0 aromatic heterocycles. The minimum Gasteiger partial charge on any atom is -0.507 e. The van der Waals surface area contributed by atoms with Gasteiger partial charge in [0.15, 0.2) is 5.78 Å². The van der Waals surface area contributed by atoms with E-state index >= 15 is 0 Å². The summed E-state index contributed by atoms with van der Waals surface area (Å²) in [5, 5.41) is 77.7. The number of fused-ring (bicyclic) bond motifs is 1. The number of ketones is 1. The minimum atomic E-state index is -1.78. The largest absolute Gasteiger partial charge is 0.507 e. The molecular formula is C43H58O13S2. The average molecular weight is 847 g/mol. The van der Waals surface area contributed by atoms with Crippen molar-refractivity contribution in [3.8, 4) is 17.2 Å². The molecule has 0 radical (unpaired) electrons. The molecule has 3 saturated carbocycles. The number of aromatic carboxylic acids is 1. The number of Topliss-reactive ketones (excluding diaryl/α,β-unsaturated/α-hetero) is 1. The van der Waals surface area contributed by atoms with Crippen LogP contribution in [0.1, 0.15) is 110 Å². The van der Waals surface area contributed by atoms with Crippen LogP contribution >= 0.6 is 21.6 Å². The predicted octanol–water partition coefficient (Wildman–Crippen LogP) is 5.94. The first-order valence-corrected chi connectivity index (χ1v) is 23.3. The summed E-state index contributed by atoms with van der Waals surface area (Å²) in [6.07, 6.45) is 6.18. The normalized spacial score (nSPS) is 37.5. The summed E-state index contributed by atoms with van der Waals surface area (Å²) in [7, 11) is 3.11. The Morgan fingerprint density at radius 1 is 0.966 bits per heavy atom. The number of carbonyl (C=O) groups is 2. The van der Waals surface area contributed by atoms with Crippen molar-refractivity contribution in [2.75, 3.05) is 38.1 Å². The van der Waals surface area contributed by atoms with Crippen molar-refractivity contribution < 1.29 is 64.3 Å². The fraction of sp³-hybridized carbons (Fsp3) is 0.721. The van der Waals surface area contributed by atoms with Crippen LogP contribution in [0, 0.1) is 40.9 Å². The number of carboxylic acids is 1.